The number of rotatable bonds is 5. The molecule has 2 aromatic carbocycles. The Morgan fingerprint density at radius 3 is 2.52 bits per heavy atom. The average Bonchev–Trinajstić information content (AvgIpc) is 3.15. The van der Waals surface area contributed by atoms with E-state index in [1.807, 2.05) is 6.92 Å². The summed E-state index contributed by atoms with van der Waals surface area (Å²) < 4.78 is 29.1. The summed E-state index contributed by atoms with van der Waals surface area (Å²) in [4.78, 5) is 13.7. The molecule has 1 amide bonds. The fourth-order valence-corrected chi connectivity index (χ4v) is 5.84. The second kappa shape index (κ2) is 7.92. The Bertz CT molecular complexity index is 1050. The van der Waals surface area contributed by atoms with E-state index in [0.29, 0.717) is 19.4 Å². The van der Waals surface area contributed by atoms with E-state index in [1.165, 1.54) is 30.9 Å². The van der Waals surface area contributed by atoms with E-state index in [2.05, 4.69) is 22.9 Å². The minimum atomic E-state index is -3.65. The van der Waals surface area contributed by atoms with Gasteiger partial charge in [-0.15, -0.1) is 0 Å². The van der Waals surface area contributed by atoms with Crippen molar-refractivity contribution in [3.63, 3.8) is 0 Å². The molecular weight excluding hydrogens is 384 g/mol. The van der Waals surface area contributed by atoms with Gasteiger partial charge in [0.25, 0.3) is 0 Å². The molecule has 4 rings (SSSR count). The number of nitrogens with one attached hydrogen (secondary N) is 1. The molecule has 2 aliphatic rings. The van der Waals surface area contributed by atoms with Gasteiger partial charge in [0.15, 0.2) is 0 Å². The van der Waals surface area contributed by atoms with Crippen LogP contribution in [0.25, 0.3) is 0 Å². The minimum absolute atomic E-state index is 0.0176. The standard InChI is InChI=1S/C23H28N2O3S/c1-3-22(19-9-8-17-6-4-5-7-18(17)14-19)24-29(27,28)21-10-11-23-20(15-21)12-13-25(23)16(2)26/h8-11,14-15,22,24H,3-7,12-13H2,1-2H3/t22-/m1/s1. The third kappa shape index (κ3) is 3.96. The monoisotopic (exact) mass is 412 g/mol. The Morgan fingerprint density at radius 2 is 1.79 bits per heavy atom. The van der Waals surface area contributed by atoms with E-state index in [4.69, 9.17) is 0 Å². The number of anilines is 1. The number of carbonyl (C=O) groups excluding carboxylic acids is 1. The largest absolute Gasteiger partial charge is 0.312 e. The molecule has 1 heterocycles. The van der Waals surface area contributed by atoms with Crippen LogP contribution in [-0.2, 0) is 34.1 Å². The fraction of sp³-hybridized carbons (Fsp3) is 0.435. The number of benzene rings is 2. The van der Waals surface area contributed by atoms with Gasteiger partial charge in [0, 0.05) is 25.2 Å². The molecule has 0 saturated carbocycles. The van der Waals surface area contributed by atoms with Crippen LogP contribution >= 0.6 is 0 Å². The van der Waals surface area contributed by atoms with Crippen molar-refractivity contribution in [1.82, 2.24) is 4.72 Å². The second-order valence-corrected chi connectivity index (χ2v) is 9.74. The SMILES string of the molecule is CC[C@@H](NS(=O)(=O)c1ccc2c(c1)CCN2C(C)=O)c1ccc2c(c1)CCCC2. The molecule has 2 aromatic rings. The highest BCUT2D eigenvalue weighted by Gasteiger charge is 2.26. The summed E-state index contributed by atoms with van der Waals surface area (Å²) in [5.41, 5.74) is 5.50. The van der Waals surface area contributed by atoms with Crippen molar-refractivity contribution in [3.8, 4) is 0 Å². The van der Waals surface area contributed by atoms with Gasteiger partial charge in [0.05, 0.1) is 4.90 Å². The molecule has 1 atom stereocenters. The Balaban J connectivity index is 1.58. The Kier molecular flexibility index (Phi) is 5.49. The molecule has 29 heavy (non-hydrogen) atoms. The lowest BCUT2D eigenvalue weighted by Gasteiger charge is -2.22. The van der Waals surface area contributed by atoms with Crippen LogP contribution in [0, 0.1) is 0 Å². The highest BCUT2D eigenvalue weighted by molar-refractivity contribution is 7.89. The number of sulfonamides is 1. The predicted octanol–water partition coefficient (Wildman–Crippen LogP) is 3.90. The van der Waals surface area contributed by atoms with Gasteiger partial charge in [-0.25, -0.2) is 13.1 Å². The van der Waals surface area contributed by atoms with Gasteiger partial charge in [0.2, 0.25) is 15.9 Å². The van der Waals surface area contributed by atoms with Gasteiger partial charge in [0.1, 0.15) is 0 Å². The summed E-state index contributed by atoms with van der Waals surface area (Å²) in [6, 6.07) is 11.2. The lowest BCUT2D eigenvalue weighted by Crippen LogP contribution is -2.28. The Hall–Kier alpha value is -2.18. The van der Waals surface area contributed by atoms with E-state index in [9.17, 15) is 13.2 Å². The van der Waals surface area contributed by atoms with Crippen molar-refractivity contribution >= 4 is 21.6 Å². The van der Waals surface area contributed by atoms with Crippen molar-refractivity contribution in [2.75, 3.05) is 11.4 Å². The van der Waals surface area contributed by atoms with Crippen molar-refractivity contribution in [2.24, 2.45) is 0 Å². The van der Waals surface area contributed by atoms with Crippen LogP contribution in [0.5, 0.6) is 0 Å². The van der Waals surface area contributed by atoms with E-state index < -0.39 is 10.0 Å². The lowest BCUT2D eigenvalue weighted by molar-refractivity contribution is -0.116. The molecule has 0 unspecified atom stereocenters. The van der Waals surface area contributed by atoms with E-state index in [-0.39, 0.29) is 16.8 Å². The highest BCUT2D eigenvalue weighted by Crippen LogP contribution is 2.31. The van der Waals surface area contributed by atoms with E-state index in [1.54, 1.807) is 23.1 Å². The smallest absolute Gasteiger partial charge is 0.241 e. The maximum absolute atomic E-state index is 13.1. The molecule has 5 nitrogen and oxygen atoms in total. The maximum Gasteiger partial charge on any atom is 0.241 e. The second-order valence-electron chi connectivity index (χ2n) is 8.03. The van der Waals surface area contributed by atoms with Gasteiger partial charge in [-0.1, -0.05) is 25.1 Å². The molecular formula is C23H28N2O3S. The number of hydrogen-bond acceptors (Lipinski definition) is 3. The summed E-state index contributed by atoms with van der Waals surface area (Å²) in [5, 5.41) is 0. The first-order valence-electron chi connectivity index (χ1n) is 10.4. The molecule has 0 fully saturated rings. The van der Waals surface area contributed by atoms with Crippen molar-refractivity contribution in [1.29, 1.82) is 0 Å². The summed E-state index contributed by atoms with van der Waals surface area (Å²) >= 11 is 0. The molecule has 1 aliphatic carbocycles. The maximum atomic E-state index is 13.1. The van der Waals surface area contributed by atoms with Crippen LogP contribution in [-0.4, -0.2) is 20.9 Å². The summed E-state index contributed by atoms with van der Waals surface area (Å²) in [6.07, 6.45) is 5.98. The quantitative estimate of drug-likeness (QED) is 0.810. The van der Waals surface area contributed by atoms with Gasteiger partial charge in [-0.05, 0) is 79.0 Å². The number of aryl methyl sites for hydroxylation is 2. The van der Waals surface area contributed by atoms with Gasteiger partial charge in [-0.3, -0.25) is 4.79 Å². The first-order chi connectivity index (χ1) is 13.9. The van der Waals surface area contributed by atoms with Gasteiger partial charge < -0.3 is 4.90 Å². The molecule has 0 saturated heterocycles. The topological polar surface area (TPSA) is 66.5 Å². The number of carbonyl (C=O) groups is 1. The molecule has 1 N–H and O–H groups in total. The third-order valence-corrected chi connectivity index (χ3v) is 7.59. The van der Waals surface area contributed by atoms with Crippen LogP contribution in [0.4, 0.5) is 5.69 Å². The van der Waals surface area contributed by atoms with Crippen LogP contribution in [0.1, 0.15) is 61.4 Å². The Labute approximate surface area is 173 Å². The fourth-order valence-electron chi connectivity index (χ4n) is 4.48. The van der Waals surface area contributed by atoms with Crippen LogP contribution < -0.4 is 9.62 Å². The molecule has 0 spiro atoms. The van der Waals surface area contributed by atoms with Crippen LogP contribution in [0.2, 0.25) is 0 Å². The molecule has 0 aromatic heterocycles. The number of amides is 1. The zero-order valence-corrected chi connectivity index (χ0v) is 17.9. The summed E-state index contributed by atoms with van der Waals surface area (Å²) in [5.74, 6) is -0.0176. The van der Waals surface area contributed by atoms with Crippen molar-refractivity contribution in [2.45, 2.75) is 63.3 Å². The van der Waals surface area contributed by atoms with E-state index in [0.717, 1.165) is 29.7 Å². The number of hydrogen-bond donors (Lipinski definition) is 1. The number of nitrogens with zero attached hydrogens (tertiary/aromatic N) is 1. The number of fused-ring (bicyclic) bond motifs is 2. The third-order valence-electron chi connectivity index (χ3n) is 6.12. The highest BCUT2D eigenvalue weighted by atomic mass is 32.2. The predicted molar refractivity (Wildman–Crippen MR) is 115 cm³/mol. The van der Waals surface area contributed by atoms with Crippen molar-refractivity contribution < 1.29 is 13.2 Å². The first kappa shape index (κ1) is 20.1. The van der Waals surface area contributed by atoms with Crippen LogP contribution in [0.3, 0.4) is 0 Å². The van der Waals surface area contributed by atoms with E-state index >= 15 is 0 Å². The van der Waals surface area contributed by atoms with Gasteiger partial charge >= 0.3 is 0 Å². The lowest BCUT2D eigenvalue weighted by atomic mass is 9.89. The minimum Gasteiger partial charge on any atom is -0.312 e. The van der Waals surface area contributed by atoms with Crippen LogP contribution in [0.15, 0.2) is 41.3 Å². The molecule has 0 bridgehead atoms. The normalized spacial score (nSPS) is 17.0. The van der Waals surface area contributed by atoms with Crippen molar-refractivity contribution in [3.05, 3.63) is 58.7 Å². The molecule has 154 valence electrons. The zero-order valence-electron chi connectivity index (χ0n) is 17.1. The summed E-state index contributed by atoms with van der Waals surface area (Å²) in [7, 11) is -3.65. The zero-order chi connectivity index (χ0) is 20.6. The first-order valence-corrected chi connectivity index (χ1v) is 11.9. The molecule has 1 aliphatic heterocycles. The summed E-state index contributed by atoms with van der Waals surface area (Å²) in [6.45, 7) is 4.14. The Morgan fingerprint density at radius 1 is 1.03 bits per heavy atom. The molecule has 6 heteroatoms. The molecule has 0 radical (unpaired) electrons. The average molecular weight is 413 g/mol. The van der Waals surface area contributed by atoms with Gasteiger partial charge in [-0.2, -0.15) is 0 Å².